The lowest BCUT2D eigenvalue weighted by atomic mass is 10.1. The standard InChI is InChI=1S/C8H16N2S2/c1-5(2)6(3)9-8(12)10-7(4)11/h5-6H,1-4H3,(H2,9,10,11,12). The Morgan fingerprint density at radius 2 is 1.67 bits per heavy atom. The van der Waals surface area contributed by atoms with Crippen molar-refractivity contribution in [3.8, 4) is 0 Å². The average molecular weight is 204 g/mol. The van der Waals surface area contributed by atoms with Gasteiger partial charge in [-0.15, -0.1) is 0 Å². The van der Waals surface area contributed by atoms with Crippen LogP contribution in [0.3, 0.4) is 0 Å². The summed E-state index contributed by atoms with van der Waals surface area (Å²) in [5.74, 6) is 0.565. The first kappa shape index (κ1) is 11.8. The second-order valence-electron chi connectivity index (χ2n) is 3.19. The zero-order valence-corrected chi connectivity index (χ0v) is 9.60. The Bertz CT molecular complexity index is 178. The molecule has 0 aromatic rings. The number of rotatable bonds is 2. The molecule has 0 aliphatic carbocycles. The summed E-state index contributed by atoms with van der Waals surface area (Å²) in [5.41, 5.74) is 0. The minimum atomic E-state index is 0.374. The van der Waals surface area contributed by atoms with Gasteiger partial charge in [0.1, 0.15) is 0 Å². The Morgan fingerprint density at radius 1 is 1.17 bits per heavy atom. The van der Waals surface area contributed by atoms with Gasteiger partial charge in [0.25, 0.3) is 0 Å². The SMILES string of the molecule is CC(=S)NC(=S)NC(C)C(C)C. The largest absolute Gasteiger partial charge is 0.360 e. The van der Waals surface area contributed by atoms with Crippen molar-refractivity contribution in [2.45, 2.75) is 33.7 Å². The molecule has 0 aromatic carbocycles. The van der Waals surface area contributed by atoms with Crippen molar-refractivity contribution in [3.05, 3.63) is 0 Å². The van der Waals surface area contributed by atoms with Gasteiger partial charge in [0, 0.05) is 6.04 Å². The molecule has 4 heteroatoms. The van der Waals surface area contributed by atoms with Gasteiger partial charge in [0.05, 0.1) is 4.99 Å². The van der Waals surface area contributed by atoms with Gasteiger partial charge in [0.2, 0.25) is 0 Å². The van der Waals surface area contributed by atoms with Crippen LogP contribution in [-0.2, 0) is 0 Å². The van der Waals surface area contributed by atoms with E-state index < -0.39 is 0 Å². The van der Waals surface area contributed by atoms with E-state index in [1.807, 2.05) is 6.92 Å². The molecule has 1 atom stereocenters. The third-order valence-electron chi connectivity index (χ3n) is 1.65. The third kappa shape index (κ3) is 5.43. The summed E-state index contributed by atoms with van der Waals surface area (Å²) < 4.78 is 0. The molecule has 1 unspecified atom stereocenters. The van der Waals surface area contributed by atoms with E-state index in [0.29, 0.717) is 22.1 Å². The topological polar surface area (TPSA) is 24.1 Å². The summed E-state index contributed by atoms with van der Waals surface area (Å²) in [6, 6.07) is 0.374. The van der Waals surface area contributed by atoms with E-state index in [1.165, 1.54) is 0 Å². The third-order valence-corrected chi connectivity index (χ3v) is 1.97. The van der Waals surface area contributed by atoms with Gasteiger partial charge in [-0.25, -0.2) is 0 Å². The minimum Gasteiger partial charge on any atom is -0.360 e. The maximum Gasteiger partial charge on any atom is 0.171 e. The molecule has 2 N–H and O–H groups in total. The zero-order chi connectivity index (χ0) is 9.72. The normalized spacial score (nSPS) is 12.4. The first-order chi connectivity index (χ1) is 5.43. The first-order valence-corrected chi connectivity index (χ1v) is 4.83. The van der Waals surface area contributed by atoms with Gasteiger partial charge in [-0.3, -0.25) is 0 Å². The highest BCUT2D eigenvalue weighted by atomic mass is 32.1. The van der Waals surface area contributed by atoms with Crippen LogP contribution < -0.4 is 10.6 Å². The molecule has 0 saturated heterocycles. The van der Waals surface area contributed by atoms with Gasteiger partial charge in [-0.2, -0.15) is 0 Å². The van der Waals surface area contributed by atoms with E-state index in [0.717, 1.165) is 0 Å². The second kappa shape index (κ2) is 5.43. The fourth-order valence-corrected chi connectivity index (χ4v) is 1.08. The number of hydrogen-bond donors (Lipinski definition) is 2. The van der Waals surface area contributed by atoms with Crippen molar-refractivity contribution in [3.63, 3.8) is 0 Å². The predicted molar refractivity (Wildman–Crippen MR) is 61.4 cm³/mol. The Balaban J connectivity index is 3.77. The molecule has 0 rings (SSSR count). The highest BCUT2D eigenvalue weighted by Crippen LogP contribution is 1.98. The molecule has 0 heterocycles. The second-order valence-corrected chi connectivity index (χ2v) is 4.21. The smallest absolute Gasteiger partial charge is 0.171 e. The fraction of sp³-hybridized carbons (Fsp3) is 0.750. The van der Waals surface area contributed by atoms with E-state index in [2.05, 4.69) is 31.4 Å². The lowest BCUT2D eigenvalue weighted by Crippen LogP contribution is -2.43. The van der Waals surface area contributed by atoms with Crippen LogP contribution in [0, 0.1) is 5.92 Å². The molecule has 0 saturated carbocycles. The molecule has 0 radical (unpaired) electrons. The van der Waals surface area contributed by atoms with Gasteiger partial charge in [0.15, 0.2) is 5.11 Å². The molecule has 2 nitrogen and oxygen atoms in total. The van der Waals surface area contributed by atoms with Crippen LogP contribution in [0.5, 0.6) is 0 Å². The van der Waals surface area contributed by atoms with Gasteiger partial charge < -0.3 is 10.6 Å². The summed E-state index contributed by atoms with van der Waals surface area (Å²) in [6.45, 7) is 8.19. The predicted octanol–water partition coefficient (Wildman–Crippen LogP) is 1.84. The van der Waals surface area contributed by atoms with Crippen LogP contribution in [-0.4, -0.2) is 16.1 Å². The lowest BCUT2D eigenvalue weighted by molar-refractivity contribution is 0.487. The molecule has 0 aliphatic rings. The molecular weight excluding hydrogens is 188 g/mol. The Labute approximate surface area is 85.1 Å². The molecule has 0 spiro atoms. The van der Waals surface area contributed by atoms with Crippen molar-refractivity contribution in [1.29, 1.82) is 0 Å². The van der Waals surface area contributed by atoms with E-state index in [9.17, 15) is 0 Å². The van der Waals surface area contributed by atoms with Crippen LogP contribution in [0.25, 0.3) is 0 Å². The van der Waals surface area contributed by atoms with Gasteiger partial charge in [-0.1, -0.05) is 26.1 Å². The molecule has 0 fully saturated rings. The minimum absolute atomic E-state index is 0.374. The number of hydrogen-bond acceptors (Lipinski definition) is 2. The van der Waals surface area contributed by atoms with Crippen LogP contribution in [0.2, 0.25) is 0 Å². The summed E-state index contributed by atoms with van der Waals surface area (Å²) in [5, 5.41) is 6.64. The quantitative estimate of drug-likeness (QED) is 0.670. The molecule has 70 valence electrons. The summed E-state index contributed by atoms with van der Waals surface area (Å²) >= 11 is 9.87. The highest BCUT2D eigenvalue weighted by molar-refractivity contribution is 7.81. The van der Waals surface area contributed by atoms with Crippen LogP contribution >= 0.6 is 24.4 Å². The van der Waals surface area contributed by atoms with E-state index in [1.54, 1.807) is 0 Å². The summed E-state index contributed by atoms with van der Waals surface area (Å²) in [7, 11) is 0. The zero-order valence-electron chi connectivity index (χ0n) is 7.97. The molecular formula is C8H16N2S2. The summed E-state index contributed by atoms with van der Waals surface area (Å²) in [4.78, 5) is 0.698. The first-order valence-electron chi connectivity index (χ1n) is 4.01. The van der Waals surface area contributed by atoms with Crippen molar-refractivity contribution in [2.75, 3.05) is 0 Å². The van der Waals surface area contributed by atoms with Crippen LogP contribution in [0.4, 0.5) is 0 Å². The van der Waals surface area contributed by atoms with Crippen molar-refractivity contribution in [2.24, 2.45) is 5.92 Å². The molecule has 0 bridgehead atoms. The lowest BCUT2D eigenvalue weighted by Gasteiger charge is -2.19. The molecule has 12 heavy (non-hydrogen) atoms. The molecule has 0 aliphatic heterocycles. The van der Waals surface area contributed by atoms with E-state index >= 15 is 0 Å². The van der Waals surface area contributed by atoms with E-state index in [4.69, 9.17) is 24.4 Å². The maximum absolute atomic E-state index is 5.02. The monoisotopic (exact) mass is 204 g/mol. The maximum atomic E-state index is 5.02. The molecule has 0 aromatic heterocycles. The Morgan fingerprint density at radius 3 is 2.00 bits per heavy atom. The van der Waals surface area contributed by atoms with Crippen molar-refractivity contribution < 1.29 is 0 Å². The number of thiocarbonyl (C=S) groups is 2. The van der Waals surface area contributed by atoms with E-state index in [-0.39, 0.29) is 0 Å². The van der Waals surface area contributed by atoms with Crippen molar-refractivity contribution >= 4 is 34.5 Å². The average Bonchev–Trinajstić information content (AvgIpc) is 1.84. The Kier molecular flexibility index (Phi) is 5.33. The van der Waals surface area contributed by atoms with Crippen LogP contribution in [0.1, 0.15) is 27.7 Å². The fourth-order valence-electron chi connectivity index (χ4n) is 0.569. The van der Waals surface area contributed by atoms with Crippen molar-refractivity contribution in [1.82, 2.24) is 10.6 Å². The van der Waals surface area contributed by atoms with Gasteiger partial charge >= 0.3 is 0 Å². The van der Waals surface area contributed by atoms with Gasteiger partial charge in [-0.05, 0) is 32.0 Å². The molecule has 0 amide bonds. The van der Waals surface area contributed by atoms with Crippen LogP contribution in [0.15, 0.2) is 0 Å². The Hall–Kier alpha value is -0.220. The number of nitrogens with one attached hydrogen (secondary N) is 2. The summed E-state index contributed by atoms with van der Waals surface area (Å²) in [6.07, 6.45) is 0. The highest BCUT2D eigenvalue weighted by Gasteiger charge is 2.07.